The van der Waals surface area contributed by atoms with Crippen molar-refractivity contribution in [2.45, 2.75) is 53.9 Å². The lowest BCUT2D eigenvalue weighted by molar-refractivity contribution is 0.712. The maximum absolute atomic E-state index is 13.5. The molecule has 2 aliphatic rings. The van der Waals surface area contributed by atoms with E-state index < -0.39 is 0 Å². The number of aromatic amines is 2. The summed E-state index contributed by atoms with van der Waals surface area (Å²) >= 11 is 0. The Balaban J connectivity index is 1.25. The minimum absolute atomic E-state index is 0.150. The van der Waals surface area contributed by atoms with Crippen LogP contribution in [0.5, 0.6) is 0 Å². The Kier molecular flexibility index (Phi) is 7.85. The molecule has 7 aromatic heterocycles. The van der Waals surface area contributed by atoms with E-state index in [-0.39, 0.29) is 22.8 Å². The molecular formula is C48H42N16O4. The molecule has 8 bridgehead atoms. The van der Waals surface area contributed by atoms with Gasteiger partial charge in [0.1, 0.15) is 22.6 Å². The number of benzene rings is 4. The molecule has 0 spiro atoms. The standard InChI is InChI=1S/C48H42N16O4/c1-9-61-33-17-25-21(13-29(33)57(5)45(61)65)37-49-38-23-15-31-35(63(11-3)47(67)59(31)7)19-27(23)43(53-38)56-44-28-20-36-32(60(8)48(68)64(36)12-4)16-24(28)40(54-44)50-39-22-14-30-34(62(10-2)46(66)58(30)6)18-26(22)42(52-39)55-41(25)51-37/h13-20H,9-12H2,1-8H3,(H2,49,50,51,52,53,54,55,56). The Morgan fingerprint density at radius 1 is 0.338 bits per heavy atom. The molecule has 0 aliphatic carbocycles. The molecule has 0 saturated carbocycles. The topological polar surface area (TPSA) is 217 Å². The van der Waals surface area contributed by atoms with Gasteiger partial charge in [0, 0.05) is 98.2 Å². The second kappa shape index (κ2) is 13.5. The van der Waals surface area contributed by atoms with E-state index in [1.165, 1.54) is 0 Å². The van der Waals surface area contributed by atoms with E-state index in [1.807, 2.05) is 76.2 Å². The predicted octanol–water partition coefficient (Wildman–Crippen LogP) is 5.56. The highest BCUT2D eigenvalue weighted by molar-refractivity contribution is 6.12. The van der Waals surface area contributed by atoms with Crippen molar-refractivity contribution < 1.29 is 0 Å². The number of aromatic nitrogens is 16. The highest BCUT2D eigenvalue weighted by Gasteiger charge is 2.27. The van der Waals surface area contributed by atoms with Crippen LogP contribution in [0.25, 0.3) is 134 Å². The van der Waals surface area contributed by atoms with Crippen molar-refractivity contribution in [2.75, 3.05) is 0 Å². The highest BCUT2D eigenvalue weighted by Crippen LogP contribution is 2.41. The van der Waals surface area contributed by atoms with Gasteiger partial charge in [-0.3, -0.25) is 36.5 Å². The maximum atomic E-state index is 13.5. The summed E-state index contributed by atoms with van der Waals surface area (Å²) < 4.78 is 13.4. The quantitative estimate of drug-likeness (QED) is 0.224. The van der Waals surface area contributed by atoms with Crippen LogP contribution in [0.3, 0.4) is 0 Å². The van der Waals surface area contributed by atoms with E-state index in [0.717, 1.165) is 22.1 Å². The minimum Gasteiger partial charge on any atom is -0.324 e. The fraction of sp³-hybridized carbons (Fsp3) is 0.250. The van der Waals surface area contributed by atoms with Crippen molar-refractivity contribution in [2.24, 2.45) is 28.2 Å². The van der Waals surface area contributed by atoms with Crippen molar-refractivity contribution in [3.63, 3.8) is 0 Å². The van der Waals surface area contributed by atoms with Gasteiger partial charge in [-0.15, -0.1) is 0 Å². The number of nitrogens with zero attached hydrogens (tertiary/aromatic N) is 14. The van der Waals surface area contributed by atoms with Gasteiger partial charge in [0.05, 0.1) is 44.1 Å². The number of rotatable bonds is 4. The fourth-order valence-electron chi connectivity index (χ4n) is 10.6. The first-order chi connectivity index (χ1) is 32.8. The molecule has 9 heterocycles. The monoisotopic (exact) mass is 906 g/mol. The van der Waals surface area contributed by atoms with Gasteiger partial charge in [0.2, 0.25) is 0 Å². The zero-order valence-electron chi connectivity index (χ0n) is 38.3. The van der Waals surface area contributed by atoms with Crippen molar-refractivity contribution in [1.82, 2.24) is 76.4 Å². The molecule has 2 aliphatic heterocycles. The third kappa shape index (κ3) is 4.97. The second-order valence-electron chi connectivity index (χ2n) is 17.5. The summed E-state index contributed by atoms with van der Waals surface area (Å²) in [6, 6.07) is 15.5. The number of nitrogens with one attached hydrogen (secondary N) is 2. The Morgan fingerprint density at radius 3 is 0.824 bits per heavy atom. The van der Waals surface area contributed by atoms with E-state index in [1.54, 1.807) is 64.7 Å². The summed E-state index contributed by atoms with van der Waals surface area (Å²) in [5.41, 5.74) is 9.48. The summed E-state index contributed by atoms with van der Waals surface area (Å²) in [6.45, 7) is 9.55. The number of fused-ring (bicyclic) bond motifs is 24. The summed E-state index contributed by atoms with van der Waals surface area (Å²) in [6.07, 6.45) is 0. The molecule has 2 N–H and O–H groups in total. The van der Waals surface area contributed by atoms with Crippen molar-refractivity contribution in [1.29, 1.82) is 0 Å². The average molecular weight is 907 g/mol. The number of hydrogen-bond donors (Lipinski definition) is 2. The molecule has 0 fully saturated rings. The third-order valence-electron chi connectivity index (χ3n) is 14.2. The molecule has 20 heteroatoms. The predicted molar refractivity (Wildman–Crippen MR) is 262 cm³/mol. The Bertz CT molecular complexity index is 4300. The van der Waals surface area contributed by atoms with Crippen LogP contribution in [0.1, 0.15) is 27.7 Å². The van der Waals surface area contributed by atoms with Gasteiger partial charge in [-0.05, 0) is 76.2 Å². The molecule has 20 nitrogen and oxygen atoms in total. The first-order valence-corrected chi connectivity index (χ1v) is 22.6. The van der Waals surface area contributed by atoms with E-state index in [4.69, 9.17) is 29.9 Å². The normalized spacial score (nSPS) is 12.6. The molecule has 0 atom stereocenters. The summed E-state index contributed by atoms with van der Waals surface area (Å²) in [5.74, 6) is 1.37. The largest absolute Gasteiger partial charge is 0.328 e. The van der Waals surface area contributed by atoms with E-state index in [2.05, 4.69) is 9.97 Å². The smallest absolute Gasteiger partial charge is 0.324 e. The molecule has 0 radical (unpaired) electrons. The number of imidazole rings is 4. The SMILES string of the molecule is CCn1c(=O)n(C)c2cc3c(cc21)-c1nc-3nc2[nH]c(nc3nc(nc4[nH]c(n1)c1cc5c(cc41)n(C)c(=O)n5CC)-c1cc4c(cc1-3)n(CC)c(=O)n4C)c1cc3c(cc21)n(C)c(=O)n3CC. The van der Waals surface area contributed by atoms with Gasteiger partial charge in [0.15, 0.2) is 23.3 Å². The molecule has 4 aromatic carbocycles. The van der Waals surface area contributed by atoms with Gasteiger partial charge in [0.25, 0.3) is 0 Å². The fourth-order valence-corrected chi connectivity index (χ4v) is 10.6. The van der Waals surface area contributed by atoms with Crippen LogP contribution in [-0.2, 0) is 54.4 Å². The number of aryl methyl sites for hydroxylation is 8. The first-order valence-electron chi connectivity index (χ1n) is 22.6. The van der Waals surface area contributed by atoms with Gasteiger partial charge < -0.3 is 9.97 Å². The molecule has 0 amide bonds. The van der Waals surface area contributed by atoms with Crippen LogP contribution < -0.4 is 22.8 Å². The zero-order chi connectivity index (χ0) is 46.9. The lowest BCUT2D eigenvalue weighted by atomic mass is 10.1. The summed E-state index contributed by atoms with van der Waals surface area (Å²) in [5, 5.41) is 2.74. The molecule has 0 unspecified atom stereocenters. The van der Waals surface area contributed by atoms with Crippen LogP contribution >= 0.6 is 0 Å². The molecule has 0 saturated heterocycles. The molecule has 13 rings (SSSR count). The molecule has 338 valence electrons. The Morgan fingerprint density at radius 2 is 0.559 bits per heavy atom. The maximum Gasteiger partial charge on any atom is 0.328 e. The summed E-state index contributed by atoms with van der Waals surface area (Å²) in [7, 11) is 7.00. The molecule has 11 aromatic rings. The third-order valence-corrected chi connectivity index (χ3v) is 14.2. The molecular weight excluding hydrogens is 865 g/mol. The van der Waals surface area contributed by atoms with E-state index >= 15 is 0 Å². The van der Waals surface area contributed by atoms with Crippen molar-refractivity contribution in [3.05, 3.63) is 90.5 Å². The Labute approximate surface area is 381 Å². The average Bonchev–Trinajstić information content (AvgIpc) is 4.20. The Hall–Kier alpha value is -8.68. The van der Waals surface area contributed by atoms with Gasteiger partial charge in [-0.25, -0.2) is 49.1 Å². The van der Waals surface area contributed by atoms with Crippen LogP contribution in [0.4, 0.5) is 0 Å². The lowest BCUT2D eigenvalue weighted by Crippen LogP contribution is -2.21. The van der Waals surface area contributed by atoms with Crippen LogP contribution in [0, 0.1) is 0 Å². The van der Waals surface area contributed by atoms with Crippen LogP contribution in [0.2, 0.25) is 0 Å². The zero-order valence-corrected chi connectivity index (χ0v) is 38.3. The lowest BCUT2D eigenvalue weighted by Gasteiger charge is -2.03. The van der Waals surface area contributed by atoms with E-state index in [0.29, 0.717) is 138 Å². The second-order valence-corrected chi connectivity index (χ2v) is 17.5. The number of H-pyrrole nitrogens is 2. The summed E-state index contributed by atoms with van der Waals surface area (Å²) in [4.78, 5) is 92.6. The first kappa shape index (κ1) is 39.7. The van der Waals surface area contributed by atoms with Gasteiger partial charge in [-0.2, -0.15) is 0 Å². The highest BCUT2D eigenvalue weighted by atomic mass is 16.2. The van der Waals surface area contributed by atoms with E-state index in [9.17, 15) is 19.2 Å². The minimum atomic E-state index is -0.151. The van der Waals surface area contributed by atoms with Crippen LogP contribution in [0.15, 0.2) is 67.7 Å². The van der Waals surface area contributed by atoms with Gasteiger partial charge >= 0.3 is 22.8 Å². The van der Waals surface area contributed by atoms with Gasteiger partial charge in [-0.1, -0.05) is 0 Å². The van der Waals surface area contributed by atoms with Crippen LogP contribution in [-0.4, -0.2) is 76.4 Å². The number of hydrogen-bond acceptors (Lipinski definition) is 10. The van der Waals surface area contributed by atoms with Crippen molar-refractivity contribution >= 4 is 88.3 Å². The van der Waals surface area contributed by atoms with Crippen molar-refractivity contribution in [3.8, 4) is 45.6 Å². The molecule has 68 heavy (non-hydrogen) atoms.